The van der Waals surface area contributed by atoms with E-state index in [9.17, 15) is 9.36 Å². The van der Waals surface area contributed by atoms with Gasteiger partial charge in [-0.05, 0) is 51.1 Å². The lowest BCUT2D eigenvalue weighted by Gasteiger charge is -2.46. The number of hydrogen-bond acceptors (Lipinski definition) is 8. The van der Waals surface area contributed by atoms with Crippen molar-refractivity contribution in [2.24, 2.45) is 0 Å². The number of nitrogens with zero attached hydrogens (tertiary/aromatic N) is 1. The summed E-state index contributed by atoms with van der Waals surface area (Å²) in [4.78, 5) is 14.7. The van der Waals surface area contributed by atoms with Gasteiger partial charge < -0.3 is 30.6 Å². The highest BCUT2D eigenvalue weighted by Crippen LogP contribution is 2.38. The zero-order valence-electron chi connectivity index (χ0n) is 28.8. The molecule has 0 spiro atoms. The Bertz CT molecular complexity index is 1420. The highest BCUT2D eigenvalue weighted by molar-refractivity contribution is 7.70. The van der Waals surface area contributed by atoms with Gasteiger partial charge in [0.2, 0.25) is 5.91 Å². The maximum Gasteiger partial charge on any atom is 0.247 e. The van der Waals surface area contributed by atoms with Crippen LogP contribution in [0.5, 0.6) is 5.75 Å². The van der Waals surface area contributed by atoms with Gasteiger partial charge in [-0.1, -0.05) is 82.4 Å². The van der Waals surface area contributed by atoms with Crippen LogP contribution in [0, 0.1) is 11.8 Å². The smallest absolute Gasteiger partial charge is 0.247 e. The van der Waals surface area contributed by atoms with Gasteiger partial charge in [0.25, 0.3) is 0 Å². The van der Waals surface area contributed by atoms with E-state index in [1.54, 1.807) is 20.4 Å². The van der Waals surface area contributed by atoms with Crippen molar-refractivity contribution in [3.05, 3.63) is 54.6 Å². The van der Waals surface area contributed by atoms with Crippen molar-refractivity contribution < 1.29 is 14.1 Å². The van der Waals surface area contributed by atoms with Crippen LogP contribution >= 0.6 is 18.7 Å². The second-order valence-electron chi connectivity index (χ2n) is 12.3. The molecule has 3 unspecified atom stereocenters. The Morgan fingerprint density at radius 1 is 1.09 bits per heavy atom. The number of alkyl halides is 1. The quantitative estimate of drug-likeness (QED) is 0.0403. The molecular formula is C36H54ClN6O3P. The minimum absolute atomic E-state index is 0.259. The number of unbranched alkanes of at least 4 members (excludes halogenated alkanes) is 7. The van der Waals surface area contributed by atoms with Crippen LogP contribution in [0.2, 0.25) is 0 Å². The molecule has 258 valence electrons. The van der Waals surface area contributed by atoms with Crippen LogP contribution in [0.3, 0.4) is 0 Å². The molecule has 1 aliphatic rings. The topological polar surface area (TPSA) is 107 Å². The molecule has 1 saturated heterocycles. The fraction of sp³-hybridized carbons (Fsp3) is 0.528. The van der Waals surface area contributed by atoms with Crippen molar-refractivity contribution in [1.29, 1.82) is 0 Å². The molecule has 0 aliphatic carbocycles. The first-order chi connectivity index (χ1) is 22.6. The first kappa shape index (κ1) is 38.5. The summed E-state index contributed by atoms with van der Waals surface area (Å²) in [5, 5.41) is 17.3. The standard InChI is InChI=1S/C36H54ClN6O3P/c1-7-9-10-11-12-13-14-17-23-43-35(41-29-20-15-16-21-33(29)47(5,6)45)28(37)26-39-36(43)42-31-25-30(40-34(44)8-2)27(19-18-22-38-3)24-32(31)46-4/h8,15-16,20-21,24-25,28,35-36,38-39,41-42H,2,7,9-14,17,22-23,26H2,1,3-6H3,(H,40,44). The minimum Gasteiger partial charge on any atom is -0.495 e. The van der Waals surface area contributed by atoms with Crippen LogP contribution in [-0.4, -0.2) is 75.8 Å². The summed E-state index contributed by atoms with van der Waals surface area (Å²) < 4.78 is 19.0. The largest absolute Gasteiger partial charge is 0.495 e. The number of anilines is 3. The maximum atomic E-state index is 13.2. The molecule has 0 radical (unpaired) electrons. The van der Waals surface area contributed by atoms with Gasteiger partial charge in [0.1, 0.15) is 19.2 Å². The Labute approximate surface area is 287 Å². The number of carbonyl (C=O) groups is 1. The molecule has 0 saturated carbocycles. The minimum atomic E-state index is -2.55. The van der Waals surface area contributed by atoms with Gasteiger partial charge in [0, 0.05) is 30.1 Å². The molecule has 2 aromatic rings. The Kier molecular flexibility index (Phi) is 16.2. The molecular weight excluding hydrogens is 631 g/mol. The average Bonchev–Trinajstić information content (AvgIpc) is 3.05. The lowest BCUT2D eigenvalue weighted by atomic mass is 10.1. The summed E-state index contributed by atoms with van der Waals surface area (Å²) in [5.74, 6) is 6.44. The molecule has 3 rings (SSSR count). The highest BCUT2D eigenvalue weighted by atomic mass is 35.5. The number of carbonyl (C=O) groups excluding carboxylic acids is 1. The van der Waals surface area contributed by atoms with Gasteiger partial charge in [0.05, 0.1) is 42.1 Å². The number of amides is 1. The number of rotatable bonds is 18. The summed E-state index contributed by atoms with van der Waals surface area (Å²) in [6, 6.07) is 11.4. The monoisotopic (exact) mass is 684 g/mol. The number of ether oxygens (including phenoxy) is 1. The van der Waals surface area contributed by atoms with Crippen molar-refractivity contribution in [3.8, 4) is 17.6 Å². The van der Waals surface area contributed by atoms with Gasteiger partial charge in [-0.2, -0.15) is 0 Å². The summed E-state index contributed by atoms with van der Waals surface area (Å²) in [7, 11) is 0.893. The second kappa shape index (κ2) is 19.7. The van der Waals surface area contributed by atoms with E-state index in [0.717, 1.165) is 30.4 Å². The Balaban J connectivity index is 1.94. The van der Waals surface area contributed by atoms with E-state index in [0.29, 0.717) is 35.8 Å². The van der Waals surface area contributed by atoms with Crippen LogP contribution in [0.1, 0.15) is 63.9 Å². The van der Waals surface area contributed by atoms with Crippen molar-refractivity contribution in [3.63, 3.8) is 0 Å². The van der Waals surface area contributed by atoms with E-state index >= 15 is 0 Å². The lowest BCUT2D eigenvalue weighted by molar-refractivity contribution is -0.111. The zero-order valence-corrected chi connectivity index (χ0v) is 30.4. The fourth-order valence-corrected chi connectivity index (χ4v) is 7.14. The molecule has 1 heterocycles. The van der Waals surface area contributed by atoms with Crippen LogP contribution in [0.4, 0.5) is 17.1 Å². The van der Waals surface area contributed by atoms with Crippen LogP contribution < -0.4 is 36.6 Å². The van der Waals surface area contributed by atoms with E-state index in [1.165, 1.54) is 44.6 Å². The number of methoxy groups -OCH3 is 1. The normalized spacial score (nSPS) is 18.1. The van der Waals surface area contributed by atoms with Crippen LogP contribution in [-0.2, 0) is 9.36 Å². The number of nitrogens with one attached hydrogen (secondary N) is 5. The molecule has 1 amide bonds. The van der Waals surface area contributed by atoms with E-state index < -0.39 is 7.14 Å². The Hall–Kier alpha value is -2.99. The van der Waals surface area contributed by atoms with Crippen LogP contribution in [0.15, 0.2) is 49.1 Å². The van der Waals surface area contributed by atoms with Crippen molar-refractivity contribution in [1.82, 2.24) is 15.5 Å². The fourth-order valence-electron chi connectivity index (χ4n) is 5.68. The molecule has 0 bridgehead atoms. The molecule has 1 fully saturated rings. The maximum absolute atomic E-state index is 13.2. The van der Waals surface area contributed by atoms with E-state index in [1.807, 2.05) is 43.4 Å². The number of halogens is 1. The van der Waals surface area contributed by atoms with Crippen molar-refractivity contribution >= 4 is 47.0 Å². The van der Waals surface area contributed by atoms with Crippen molar-refractivity contribution in [2.45, 2.75) is 76.1 Å². The molecule has 5 N–H and O–H groups in total. The summed E-state index contributed by atoms with van der Waals surface area (Å²) in [5.41, 5.74) is 2.69. The summed E-state index contributed by atoms with van der Waals surface area (Å²) in [6.07, 6.45) is 10.3. The summed E-state index contributed by atoms with van der Waals surface area (Å²) >= 11 is 7.05. The van der Waals surface area contributed by atoms with Crippen LogP contribution in [0.25, 0.3) is 0 Å². The number of para-hydroxylation sites is 1. The van der Waals surface area contributed by atoms with E-state index in [4.69, 9.17) is 16.3 Å². The first-order valence-corrected chi connectivity index (χ1v) is 19.8. The van der Waals surface area contributed by atoms with Crippen molar-refractivity contribution in [2.75, 3.05) is 63.1 Å². The molecule has 0 aromatic heterocycles. The molecule has 9 nitrogen and oxygen atoms in total. The third-order valence-electron chi connectivity index (χ3n) is 8.16. The summed E-state index contributed by atoms with van der Waals surface area (Å²) in [6.45, 7) is 11.2. The third-order valence-corrected chi connectivity index (χ3v) is 10.1. The predicted molar refractivity (Wildman–Crippen MR) is 200 cm³/mol. The lowest BCUT2D eigenvalue weighted by Crippen LogP contribution is -2.66. The highest BCUT2D eigenvalue weighted by Gasteiger charge is 2.37. The first-order valence-electron chi connectivity index (χ1n) is 16.7. The molecule has 2 aromatic carbocycles. The van der Waals surface area contributed by atoms with E-state index in [2.05, 4.69) is 56.8 Å². The van der Waals surface area contributed by atoms with Gasteiger partial charge in [-0.15, -0.1) is 11.6 Å². The SMILES string of the molecule is C=CC(=O)Nc1cc(NC2NCC(Cl)C(Nc3ccccc3P(C)(C)=O)N2CCCCCCCCCC)c(OC)cc1C#CCNC. The Morgan fingerprint density at radius 3 is 2.45 bits per heavy atom. The molecule has 47 heavy (non-hydrogen) atoms. The van der Waals surface area contributed by atoms with E-state index in [-0.39, 0.29) is 23.7 Å². The molecule has 11 heteroatoms. The van der Waals surface area contributed by atoms with Gasteiger partial charge in [-0.3, -0.25) is 10.1 Å². The number of benzene rings is 2. The molecule has 1 aliphatic heterocycles. The molecule has 3 atom stereocenters. The van der Waals surface area contributed by atoms with Gasteiger partial charge in [0.15, 0.2) is 0 Å². The number of hydrogen-bond donors (Lipinski definition) is 5. The predicted octanol–water partition coefficient (Wildman–Crippen LogP) is 6.43. The van der Waals surface area contributed by atoms with Gasteiger partial charge in [-0.25, -0.2) is 4.90 Å². The third kappa shape index (κ3) is 11.9. The van der Waals surface area contributed by atoms with Gasteiger partial charge >= 0.3 is 0 Å². The second-order valence-corrected chi connectivity index (χ2v) is 16.0. The zero-order chi connectivity index (χ0) is 34.2. The average molecular weight is 685 g/mol. The Morgan fingerprint density at radius 2 is 1.79 bits per heavy atom.